The molecule has 0 spiro atoms. The van der Waals surface area contributed by atoms with Crippen molar-refractivity contribution in [2.45, 2.75) is 58.5 Å². The fraction of sp³-hybridized carbons (Fsp3) is 0.526. The number of nitrogens with one attached hydrogen (secondary N) is 2. The van der Waals surface area contributed by atoms with Gasteiger partial charge in [-0.1, -0.05) is 30.5 Å². The predicted molar refractivity (Wildman–Crippen MR) is 97.6 cm³/mol. The van der Waals surface area contributed by atoms with E-state index in [2.05, 4.69) is 15.8 Å². The van der Waals surface area contributed by atoms with Gasteiger partial charge in [0.2, 0.25) is 12.0 Å². The monoisotopic (exact) mass is 343 g/mol. The fourth-order valence-electron chi connectivity index (χ4n) is 3.32. The normalized spacial score (nSPS) is 20.6. The van der Waals surface area contributed by atoms with Crippen molar-refractivity contribution in [2.24, 2.45) is 11.1 Å². The quantitative estimate of drug-likeness (QED) is 0.876. The number of oxime groups is 1. The van der Waals surface area contributed by atoms with Gasteiger partial charge in [0.05, 0.1) is 17.1 Å². The second-order valence-electron chi connectivity index (χ2n) is 6.99. The molecule has 0 saturated heterocycles. The number of aryl methyl sites for hydroxylation is 1. The number of hydrogen-bond donors (Lipinski definition) is 2. The highest BCUT2D eigenvalue weighted by Crippen LogP contribution is 2.28. The van der Waals surface area contributed by atoms with Crippen LogP contribution < -0.4 is 10.6 Å². The van der Waals surface area contributed by atoms with Gasteiger partial charge in [-0.2, -0.15) is 0 Å². The zero-order valence-corrected chi connectivity index (χ0v) is 14.8. The van der Waals surface area contributed by atoms with Gasteiger partial charge in [0.1, 0.15) is 0 Å². The summed E-state index contributed by atoms with van der Waals surface area (Å²) in [6.45, 7) is 3.78. The topological polar surface area (TPSA) is 79.8 Å². The summed E-state index contributed by atoms with van der Waals surface area (Å²) >= 11 is 0. The lowest BCUT2D eigenvalue weighted by atomic mass is 9.88. The number of benzene rings is 1. The molecule has 1 heterocycles. The highest BCUT2D eigenvalue weighted by atomic mass is 16.6. The molecule has 2 N–H and O–H groups in total. The Kier molecular flexibility index (Phi) is 5.36. The van der Waals surface area contributed by atoms with Crippen LogP contribution in [0.25, 0.3) is 0 Å². The summed E-state index contributed by atoms with van der Waals surface area (Å²) in [7, 11) is 0. The van der Waals surface area contributed by atoms with Crippen LogP contribution in [0.4, 0.5) is 11.4 Å². The van der Waals surface area contributed by atoms with Crippen LogP contribution in [0.1, 0.15) is 51.0 Å². The number of amides is 2. The Morgan fingerprint density at radius 2 is 1.76 bits per heavy atom. The molecule has 1 aromatic rings. The number of hydrogen-bond acceptors (Lipinski definition) is 4. The molecule has 1 fully saturated rings. The first-order chi connectivity index (χ1) is 12.0. The fourth-order valence-corrected chi connectivity index (χ4v) is 3.32. The minimum Gasteiger partial charge on any atom is -0.382 e. The number of carbonyl (C=O) groups is 2. The predicted octanol–water partition coefficient (Wildman–Crippen LogP) is 3.62. The maximum absolute atomic E-state index is 12.5. The number of nitrogens with zero attached hydrogens (tertiary/aromatic N) is 1. The molecular weight excluding hydrogens is 318 g/mol. The zero-order valence-electron chi connectivity index (χ0n) is 14.8. The Balaban J connectivity index is 1.69. The van der Waals surface area contributed by atoms with Crippen LogP contribution in [0.3, 0.4) is 0 Å². The molecule has 1 saturated carbocycles. The Labute approximate surface area is 148 Å². The van der Waals surface area contributed by atoms with Gasteiger partial charge < -0.3 is 15.5 Å². The summed E-state index contributed by atoms with van der Waals surface area (Å²) in [6.07, 6.45) is 5.17. The Bertz CT molecular complexity index is 693. The lowest BCUT2D eigenvalue weighted by Crippen LogP contribution is -2.29. The van der Waals surface area contributed by atoms with E-state index in [-0.39, 0.29) is 17.7 Å². The first kappa shape index (κ1) is 17.5. The summed E-state index contributed by atoms with van der Waals surface area (Å²) < 4.78 is 0. The van der Waals surface area contributed by atoms with Crippen LogP contribution in [-0.4, -0.2) is 23.6 Å². The molecular formula is C19H25N3O3. The SMILES string of the molecule is CC1=NO[C@H](C(=O)Nc2cc(C)ccc2NC(=O)C2CCCCC2)C1. The molecule has 3 rings (SSSR count). The van der Waals surface area contributed by atoms with Crippen molar-refractivity contribution in [3.05, 3.63) is 23.8 Å². The molecule has 0 radical (unpaired) electrons. The third-order valence-corrected chi connectivity index (χ3v) is 4.78. The molecule has 0 unspecified atom stereocenters. The first-order valence-electron chi connectivity index (χ1n) is 8.94. The van der Waals surface area contributed by atoms with Crippen LogP contribution in [0.15, 0.2) is 23.4 Å². The summed E-state index contributed by atoms with van der Waals surface area (Å²) in [6, 6.07) is 5.62. The Hall–Kier alpha value is -2.37. The molecule has 25 heavy (non-hydrogen) atoms. The van der Waals surface area contributed by atoms with E-state index in [1.54, 1.807) is 0 Å². The van der Waals surface area contributed by atoms with Gasteiger partial charge in [0.15, 0.2) is 0 Å². The van der Waals surface area contributed by atoms with E-state index in [0.717, 1.165) is 37.0 Å². The largest absolute Gasteiger partial charge is 0.382 e. The maximum atomic E-state index is 12.5. The van der Waals surface area contributed by atoms with Crippen molar-refractivity contribution >= 4 is 28.9 Å². The minimum absolute atomic E-state index is 0.0374. The van der Waals surface area contributed by atoms with Crippen molar-refractivity contribution in [1.82, 2.24) is 0 Å². The molecule has 6 nitrogen and oxygen atoms in total. The van der Waals surface area contributed by atoms with Crippen LogP contribution in [0, 0.1) is 12.8 Å². The minimum atomic E-state index is -0.609. The third-order valence-electron chi connectivity index (χ3n) is 4.78. The second kappa shape index (κ2) is 7.68. The van der Waals surface area contributed by atoms with Gasteiger partial charge in [-0.25, -0.2) is 0 Å². The molecule has 0 bridgehead atoms. The molecule has 1 aliphatic heterocycles. The van der Waals surface area contributed by atoms with Crippen molar-refractivity contribution < 1.29 is 14.4 Å². The molecule has 1 aromatic carbocycles. The van der Waals surface area contributed by atoms with Gasteiger partial charge in [-0.15, -0.1) is 0 Å². The van der Waals surface area contributed by atoms with Crippen LogP contribution in [-0.2, 0) is 14.4 Å². The molecule has 6 heteroatoms. The maximum Gasteiger partial charge on any atom is 0.268 e. The van der Waals surface area contributed by atoms with Crippen molar-refractivity contribution in [1.29, 1.82) is 0 Å². The highest BCUT2D eigenvalue weighted by molar-refractivity contribution is 6.03. The number of anilines is 2. The molecule has 2 amide bonds. The van der Waals surface area contributed by atoms with Gasteiger partial charge in [0, 0.05) is 12.3 Å². The van der Waals surface area contributed by atoms with Crippen LogP contribution in [0.5, 0.6) is 0 Å². The zero-order chi connectivity index (χ0) is 17.8. The summed E-state index contributed by atoms with van der Waals surface area (Å²) in [5.41, 5.74) is 3.04. The third kappa shape index (κ3) is 4.38. The van der Waals surface area contributed by atoms with Crippen molar-refractivity contribution in [3.63, 3.8) is 0 Å². The molecule has 2 aliphatic rings. The summed E-state index contributed by atoms with van der Waals surface area (Å²) in [5.74, 6) is -0.150. The number of rotatable bonds is 4. The van der Waals surface area contributed by atoms with E-state index in [9.17, 15) is 9.59 Å². The first-order valence-corrected chi connectivity index (χ1v) is 8.94. The Morgan fingerprint density at radius 1 is 1.04 bits per heavy atom. The molecule has 1 aliphatic carbocycles. The van der Waals surface area contributed by atoms with Gasteiger partial charge in [-0.05, 0) is 44.4 Å². The van der Waals surface area contributed by atoms with E-state index >= 15 is 0 Å². The lowest BCUT2D eigenvalue weighted by molar-refractivity contribution is -0.125. The average Bonchev–Trinajstić information content (AvgIpc) is 3.04. The van der Waals surface area contributed by atoms with Crippen LogP contribution in [0.2, 0.25) is 0 Å². The van der Waals surface area contributed by atoms with E-state index in [1.165, 1.54) is 6.42 Å². The smallest absolute Gasteiger partial charge is 0.268 e. The van der Waals surface area contributed by atoms with Gasteiger partial charge in [-0.3, -0.25) is 9.59 Å². The van der Waals surface area contributed by atoms with Gasteiger partial charge in [0.25, 0.3) is 5.91 Å². The summed E-state index contributed by atoms with van der Waals surface area (Å²) in [5, 5.41) is 9.68. The van der Waals surface area contributed by atoms with Crippen molar-refractivity contribution in [3.8, 4) is 0 Å². The number of carbonyl (C=O) groups excluding carboxylic acids is 2. The van der Waals surface area contributed by atoms with E-state index in [4.69, 9.17) is 4.84 Å². The van der Waals surface area contributed by atoms with E-state index in [1.807, 2.05) is 32.0 Å². The average molecular weight is 343 g/mol. The molecule has 134 valence electrons. The lowest BCUT2D eigenvalue weighted by Gasteiger charge is -2.22. The molecule has 1 atom stereocenters. The standard InChI is InChI=1S/C19H25N3O3/c1-12-8-9-15(20-18(23)14-6-4-3-5-7-14)16(10-12)21-19(24)17-11-13(2)22-25-17/h8-10,14,17H,3-7,11H2,1-2H3,(H,20,23)(H,21,24)/t17-/m0/s1. The van der Waals surface area contributed by atoms with E-state index in [0.29, 0.717) is 17.8 Å². The van der Waals surface area contributed by atoms with E-state index < -0.39 is 6.10 Å². The summed E-state index contributed by atoms with van der Waals surface area (Å²) in [4.78, 5) is 30.0. The highest BCUT2D eigenvalue weighted by Gasteiger charge is 2.27. The van der Waals surface area contributed by atoms with Gasteiger partial charge >= 0.3 is 0 Å². The van der Waals surface area contributed by atoms with Crippen LogP contribution >= 0.6 is 0 Å². The second-order valence-corrected chi connectivity index (χ2v) is 6.99. The molecule has 0 aromatic heterocycles. The van der Waals surface area contributed by atoms with Crippen molar-refractivity contribution in [2.75, 3.05) is 10.6 Å². The Morgan fingerprint density at radius 3 is 2.44 bits per heavy atom.